The second-order valence-electron chi connectivity index (χ2n) is 6.21. The fourth-order valence-electron chi connectivity index (χ4n) is 2.94. The highest BCUT2D eigenvalue weighted by molar-refractivity contribution is 7.69. The summed E-state index contributed by atoms with van der Waals surface area (Å²) >= 11 is 0. The molecule has 0 fully saturated rings. The summed E-state index contributed by atoms with van der Waals surface area (Å²) in [5, 5.41) is 7.76. The number of fused-ring (bicyclic) bond motifs is 1. The fraction of sp³-hybridized carbons (Fsp3) is 0.105. The van der Waals surface area contributed by atoms with E-state index >= 15 is 0 Å². The largest absolute Gasteiger partial charge is 0.323 e. The van der Waals surface area contributed by atoms with Gasteiger partial charge in [0.2, 0.25) is 16.8 Å². The highest BCUT2D eigenvalue weighted by Gasteiger charge is 2.13. The molecule has 0 spiro atoms. The van der Waals surface area contributed by atoms with Crippen molar-refractivity contribution in [2.75, 3.05) is 12.4 Å². The number of hydrogen-bond acceptors (Lipinski definition) is 6. The molecule has 0 saturated carbocycles. The number of hydrogen-bond donors (Lipinski definition) is 2. The highest BCUT2D eigenvalue weighted by Crippen LogP contribution is 2.26. The van der Waals surface area contributed by atoms with Crippen LogP contribution in [-0.4, -0.2) is 39.4 Å². The quantitative estimate of drug-likeness (QED) is 0.488. The van der Waals surface area contributed by atoms with E-state index in [2.05, 4.69) is 20.4 Å². The summed E-state index contributed by atoms with van der Waals surface area (Å²) in [6, 6.07) is 15.2. The van der Waals surface area contributed by atoms with Gasteiger partial charge in [0.1, 0.15) is 0 Å². The highest BCUT2D eigenvalue weighted by atomic mass is 32.2. The molecule has 9 heteroatoms. The van der Waals surface area contributed by atoms with Crippen molar-refractivity contribution >= 4 is 28.0 Å². The van der Waals surface area contributed by atoms with Crippen LogP contribution in [0.1, 0.15) is 5.56 Å². The molecule has 28 heavy (non-hydrogen) atoms. The van der Waals surface area contributed by atoms with E-state index in [1.165, 1.54) is 4.31 Å². The molecule has 0 radical (unpaired) electrons. The molecule has 8 nitrogen and oxygen atoms in total. The summed E-state index contributed by atoms with van der Waals surface area (Å²) in [5.74, 6) is 0.452. The lowest BCUT2D eigenvalue weighted by atomic mass is 10.0. The topological polar surface area (TPSA) is 92.5 Å². The molecule has 0 unspecified atom stereocenters. The minimum atomic E-state index is -2.64. The SMILES string of the molecule is CN(Cc1ccccc1-c1ccc2cnc(Nc3ccncc3)nn12)[SH](=O)=O. The van der Waals surface area contributed by atoms with Gasteiger partial charge in [-0.2, -0.15) is 0 Å². The van der Waals surface area contributed by atoms with Crippen molar-refractivity contribution in [1.29, 1.82) is 0 Å². The molecule has 0 atom stereocenters. The van der Waals surface area contributed by atoms with Crippen LogP contribution >= 0.6 is 0 Å². The third-order valence-electron chi connectivity index (χ3n) is 4.31. The lowest BCUT2D eigenvalue weighted by Gasteiger charge is -2.13. The number of benzene rings is 1. The van der Waals surface area contributed by atoms with Crippen LogP contribution in [0.2, 0.25) is 0 Å². The molecule has 0 aliphatic carbocycles. The predicted octanol–water partition coefficient (Wildman–Crippen LogP) is 2.49. The number of anilines is 2. The number of thiol groups is 1. The molecule has 0 amide bonds. The molecular formula is C19H18N6O2S. The first kappa shape index (κ1) is 18.1. The summed E-state index contributed by atoms with van der Waals surface area (Å²) in [7, 11) is -1.08. The molecule has 3 heterocycles. The Hall–Kier alpha value is -3.30. The van der Waals surface area contributed by atoms with Crippen LogP contribution in [0.3, 0.4) is 0 Å². The Labute approximate surface area is 163 Å². The van der Waals surface area contributed by atoms with E-state index in [9.17, 15) is 8.42 Å². The predicted molar refractivity (Wildman–Crippen MR) is 108 cm³/mol. The van der Waals surface area contributed by atoms with Gasteiger partial charge in [-0.05, 0) is 29.8 Å². The van der Waals surface area contributed by atoms with Crippen LogP contribution in [-0.2, 0) is 17.4 Å². The van der Waals surface area contributed by atoms with Crippen molar-refractivity contribution in [3.05, 3.63) is 72.7 Å². The molecule has 0 saturated heterocycles. The smallest absolute Gasteiger partial charge is 0.245 e. The lowest BCUT2D eigenvalue weighted by Crippen LogP contribution is -2.16. The van der Waals surface area contributed by atoms with E-state index in [-0.39, 0.29) is 6.54 Å². The molecule has 0 aliphatic heterocycles. The van der Waals surface area contributed by atoms with Crippen molar-refractivity contribution < 1.29 is 8.42 Å². The Morgan fingerprint density at radius 1 is 1.07 bits per heavy atom. The van der Waals surface area contributed by atoms with E-state index in [4.69, 9.17) is 0 Å². The number of pyridine rings is 1. The zero-order chi connectivity index (χ0) is 19.5. The number of aromatic nitrogens is 4. The molecular weight excluding hydrogens is 376 g/mol. The van der Waals surface area contributed by atoms with Gasteiger partial charge in [0.25, 0.3) is 0 Å². The van der Waals surface area contributed by atoms with Crippen molar-refractivity contribution in [3.63, 3.8) is 0 Å². The Morgan fingerprint density at radius 3 is 2.64 bits per heavy atom. The zero-order valence-electron chi connectivity index (χ0n) is 15.1. The molecule has 1 aromatic carbocycles. The van der Waals surface area contributed by atoms with Gasteiger partial charge in [0, 0.05) is 37.2 Å². The minimum absolute atomic E-state index is 0.287. The average molecular weight is 394 g/mol. The normalized spacial score (nSPS) is 11.4. The maximum Gasteiger partial charge on any atom is 0.245 e. The van der Waals surface area contributed by atoms with E-state index < -0.39 is 10.9 Å². The van der Waals surface area contributed by atoms with Crippen LogP contribution in [0, 0.1) is 0 Å². The summed E-state index contributed by atoms with van der Waals surface area (Å²) in [6.07, 6.45) is 5.12. The van der Waals surface area contributed by atoms with Crippen LogP contribution in [0.4, 0.5) is 11.6 Å². The minimum Gasteiger partial charge on any atom is -0.323 e. The molecule has 4 rings (SSSR count). The maximum absolute atomic E-state index is 11.3. The van der Waals surface area contributed by atoms with Gasteiger partial charge < -0.3 is 5.32 Å². The first-order valence-electron chi connectivity index (χ1n) is 8.57. The Balaban J connectivity index is 1.74. The van der Waals surface area contributed by atoms with Crippen molar-refractivity contribution in [3.8, 4) is 11.3 Å². The van der Waals surface area contributed by atoms with Gasteiger partial charge in [-0.25, -0.2) is 22.2 Å². The monoisotopic (exact) mass is 394 g/mol. The van der Waals surface area contributed by atoms with Crippen molar-refractivity contribution in [1.82, 2.24) is 23.9 Å². The van der Waals surface area contributed by atoms with Crippen LogP contribution in [0.15, 0.2) is 67.1 Å². The van der Waals surface area contributed by atoms with E-state index in [1.54, 1.807) is 30.2 Å². The van der Waals surface area contributed by atoms with Gasteiger partial charge in [-0.1, -0.05) is 24.3 Å². The first-order chi connectivity index (χ1) is 13.6. The first-order valence-corrected chi connectivity index (χ1v) is 9.70. The van der Waals surface area contributed by atoms with Crippen molar-refractivity contribution in [2.45, 2.75) is 6.54 Å². The van der Waals surface area contributed by atoms with E-state index in [0.717, 1.165) is 28.0 Å². The molecule has 0 bridgehead atoms. The third-order valence-corrected chi connectivity index (χ3v) is 5.01. The van der Waals surface area contributed by atoms with Crippen LogP contribution in [0.5, 0.6) is 0 Å². The second-order valence-corrected chi connectivity index (χ2v) is 7.37. The molecule has 0 aliphatic rings. The molecule has 4 aromatic rings. The number of nitrogens with zero attached hydrogens (tertiary/aromatic N) is 5. The van der Waals surface area contributed by atoms with Crippen LogP contribution in [0.25, 0.3) is 16.8 Å². The van der Waals surface area contributed by atoms with Crippen LogP contribution < -0.4 is 5.32 Å². The third kappa shape index (κ3) is 3.71. The molecule has 1 N–H and O–H groups in total. The summed E-state index contributed by atoms with van der Waals surface area (Å²) in [6.45, 7) is 0.287. The lowest BCUT2D eigenvalue weighted by molar-refractivity contribution is 0.487. The number of nitrogens with one attached hydrogen (secondary N) is 1. The molecule has 142 valence electrons. The van der Waals surface area contributed by atoms with Crippen molar-refractivity contribution in [2.24, 2.45) is 0 Å². The fourth-order valence-corrected chi connectivity index (χ4v) is 3.21. The second kappa shape index (κ2) is 7.75. The Bertz CT molecular complexity index is 1180. The zero-order valence-corrected chi connectivity index (χ0v) is 16.0. The van der Waals surface area contributed by atoms with Gasteiger partial charge in [-0.15, -0.1) is 5.10 Å². The van der Waals surface area contributed by atoms with E-state index in [0.29, 0.717) is 5.95 Å². The Kier molecular flexibility index (Phi) is 5.00. The van der Waals surface area contributed by atoms with Gasteiger partial charge in [0.15, 0.2) is 0 Å². The summed E-state index contributed by atoms with van der Waals surface area (Å²) in [5.41, 5.74) is 4.35. The standard InChI is InChI=1S/C19H18N6O2S/c1-24(28(26)27)13-14-4-2-3-5-17(14)18-7-6-16-12-21-19(23-25(16)18)22-15-8-10-20-11-9-15/h2-12,28H,13H2,1H3,(H,20,22,23). The number of rotatable bonds is 6. The van der Waals surface area contributed by atoms with Gasteiger partial charge in [-0.3, -0.25) is 4.98 Å². The van der Waals surface area contributed by atoms with Gasteiger partial charge in [0.05, 0.1) is 17.4 Å². The average Bonchev–Trinajstić information content (AvgIpc) is 3.12. The van der Waals surface area contributed by atoms with Gasteiger partial charge >= 0.3 is 0 Å². The Morgan fingerprint density at radius 2 is 1.86 bits per heavy atom. The summed E-state index contributed by atoms with van der Waals surface area (Å²) in [4.78, 5) is 8.35. The molecule has 3 aromatic heterocycles. The summed E-state index contributed by atoms with van der Waals surface area (Å²) < 4.78 is 25.6. The van der Waals surface area contributed by atoms with E-state index in [1.807, 2.05) is 48.5 Å². The maximum atomic E-state index is 11.3.